The minimum atomic E-state index is -0.818. The first-order valence-corrected chi connectivity index (χ1v) is 6.79. The van der Waals surface area contributed by atoms with E-state index in [2.05, 4.69) is 10.2 Å². The molecule has 1 aliphatic heterocycles. The maximum Gasteiger partial charge on any atom is 0.326 e. The fraction of sp³-hybridized carbons (Fsp3) is 0.769. The number of nitrogens with zero attached hydrogens (tertiary/aromatic N) is 3. The van der Waals surface area contributed by atoms with Crippen LogP contribution in [0.15, 0.2) is 6.33 Å². The van der Waals surface area contributed by atoms with Gasteiger partial charge in [0.05, 0.1) is 0 Å². The number of aliphatic carboxylic acids is 1. The highest BCUT2D eigenvalue weighted by Crippen LogP contribution is 2.28. The van der Waals surface area contributed by atoms with E-state index in [1.54, 1.807) is 10.9 Å². The van der Waals surface area contributed by atoms with Crippen molar-refractivity contribution in [3.63, 3.8) is 0 Å². The van der Waals surface area contributed by atoms with Gasteiger partial charge in [0.25, 0.3) is 0 Å². The molecule has 1 N–H and O–H groups in total. The van der Waals surface area contributed by atoms with Crippen molar-refractivity contribution in [1.29, 1.82) is 0 Å². The molecule has 1 saturated heterocycles. The molecule has 106 valence electrons. The summed E-state index contributed by atoms with van der Waals surface area (Å²) in [5.74, 6) is 0.537. The van der Waals surface area contributed by atoms with Gasteiger partial charge in [0, 0.05) is 19.1 Å². The van der Waals surface area contributed by atoms with Crippen LogP contribution in [0.2, 0.25) is 0 Å². The zero-order valence-electron chi connectivity index (χ0n) is 11.5. The predicted octanol–water partition coefficient (Wildman–Crippen LogP) is 1.84. The Morgan fingerprint density at radius 3 is 2.79 bits per heavy atom. The summed E-state index contributed by atoms with van der Waals surface area (Å²) < 4.78 is 7.07. The zero-order valence-corrected chi connectivity index (χ0v) is 11.5. The first kappa shape index (κ1) is 14.0. The Hall–Kier alpha value is -1.43. The Labute approximate surface area is 112 Å². The smallest absolute Gasteiger partial charge is 0.326 e. The Bertz CT molecular complexity index is 425. The normalized spacial score (nSPS) is 18.7. The molecule has 0 amide bonds. The number of carboxylic acid groups (broad SMARTS) is 1. The Balaban J connectivity index is 2.22. The van der Waals surface area contributed by atoms with E-state index in [-0.39, 0.29) is 5.92 Å². The standard InChI is InChI=1S/C13H21N3O3/c1-9(2)7-11(13(17)18)16-8-14-15-12(16)10-3-5-19-6-4-10/h8-11H,3-7H2,1-2H3,(H,17,18). The highest BCUT2D eigenvalue weighted by atomic mass is 16.5. The van der Waals surface area contributed by atoms with Gasteiger partial charge in [-0.2, -0.15) is 0 Å². The van der Waals surface area contributed by atoms with Gasteiger partial charge in [-0.25, -0.2) is 4.79 Å². The minimum absolute atomic E-state index is 0.255. The van der Waals surface area contributed by atoms with Crippen molar-refractivity contribution in [3.8, 4) is 0 Å². The highest BCUT2D eigenvalue weighted by Gasteiger charge is 2.28. The van der Waals surface area contributed by atoms with Gasteiger partial charge in [-0.05, 0) is 25.2 Å². The molecule has 0 aliphatic carbocycles. The fourth-order valence-electron chi connectivity index (χ4n) is 2.52. The Kier molecular flexibility index (Phi) is 4.52. The van der Waals surface area contributed by atoms with Crippen LogP contribution in [0, 0.1) is 5.92 Å². The summed E-state index contributed by atoms with van der Waals surface area (Å²) in [6.07, 6.45) is 3.90. The summed E-state index contributed by atoms with van der Waals surface area (Å²) in [5.41, 5.74) is 0. The molecule has 2 rings (SSSR count). The second-order valence-corrected chi connectivity index (χ2v) is 5.47. The highest BCUT2D eigenvalue weighted by molar-refractivity contribution is 5.71. The molecular formula is C13H21N3O3. The number of aromatic nitrogens is 3. The number of carbonyl (C=O) groups is 1. The van der Waals surface area contributed by atoms with Gasteiger partial charge in [-0.3, -0.25) is 0 Å². The van der Waals surface area contributed by atoms with Crippen LogP contribution in [0.25, 0.3) is 0 Å². The molecule has 1 atom stereocenters. The minimum Gasteiger partial charge on any atom is -0.480 e. The van der Waals surface area contributed by atoms with Crippen molar-refractivity contribution in [2.45, 2.75) is 45.1 Å². The van der Waals surface area contributed by atoms with Crippen LogP contribution in [0.1, 0.15) is 50.9 Å². The number of hydrogen-bond acceptors (Lipinski definition) is 4. The monoisotopic (exact) mass is 267 g/mol. The van der Waals surface area contributed by atoms with Crippen molar-refractivity contribution in [2.75, 3.05) is 13.2 Å². The molecule has 0 saturated carbocycles. The Morgan fingerprint density at radius 1 is 1.53 bits per heavy atom. The molecule has 1 fully saturated rings. The second-order valence-electron chi connectivity index (χ2n) is 5.47. The first-order valence-electron chi connectivity index (χ1n) is 6.79. The van der Waals surface area contributed by atoms with Gasteiger partial charge < -0.3 is 14.4 Å². The first-order chi connectivity index (χ1) is 9.09. The maximum absolute atomic E-state index is 11.5. The molecule has 1 aromatic rings. The average molecular weight is 267 g/mol. The van der Waals surface area contributed by atoms with Crippen LogP contribution in [-0.4, -0.2) is 39.1 Å². The van der Waals surface area contributed by atoms with Gasteiger partial charge in [0.2, 0.25) is 0 Å². The average Bonchev–Trinajstić information content (AvgIpc) is 2.85. The van der Waals surface area contributed by atoms with E-state index in [0.717, 1.165) is 18.7 Å². The van der Waals surface area contributed by atoms with Crippen LogP contribution in [0.5, 0.6) is 0 Å². The molecule has 6 heteroatoms. The van der Waals surface area contributed by atoms with Crippen LogP contribution in [0.4, 0.5) is 0 Å². The van der Waals surface area contributed by atoms with Gasteiger partial charge in [0.15, 0.2) is 0 Å². The third-order valence-corrected chi connectivity index (χ3v) is 3.50. The zero-order chi connectivity index (χ0) is 13.8. The van der Waals surface area contributed by atoms with Crippen LogP contribution in [0.3, 0.4) is 0 Å². The van der Waals surface area contributed by atoms with Crippen molar-refractivity contribution in [2.24, 2.45) is 5.92 Å². The van der Waals surface area contributed by atoms with E-state index in [4.69, 9.17) is 4.74 Å². The van der Waals surface area contributed by atoms with Crippen molar-refractivity contribution >= 4 is 5.97 Å². The van der Waals surface area contributed by atoms with E-state index in [1.165, 1.54) is 0 Å². The van der Waals surface area contributed by atoms with E-state index < -0.39 is 12.0 Å². The van der Waals surface area contributed by atoms with Gasteiger partial charge in [-0.15, -0.1) is 10.2 Å². The SMILES string of the molecule is CC(C)CC(C(=O)O)n1cnnc1C1CCOCC1. The van der Waals surface area contributed by atoms with E-state index >= 15 is 0 Å². The Morgan fingerprint density at radius 2 is 2.21 bits per heavy atom. The van der Waals surface area contributed by atoms with Crippen LogP contribution >= 0.6 is 0 Å². The molecule has 2 heterocycles. The third-order valence-electron chi connectivity index (χ3n) is 3.50. The molecule has 19 heavy (non-hydrogen) atoms. The van der Waals surface area contributed by atoms with E-state index in [0.29, 0.717) is 25.6 Å². The summed E-state index contributed by atoms with van der Waals surface area (Å²) in [5, 5.41) is 17.5. The molecule has 0 bridgehead atoms. The summed E-state index contributed by atoms with van der Waals surface area (Å²) in [6, 6.07) is -0.576. The quantitative estimate of drug-likeness (QED) is 0.880. The van der Waals surface area contributed by atoms with E-state index in [1.807, 2.05) is 13.8 Å². The predicted molar refractivity (Wildman–Crippen MR) is 68.9 cm³/mol. The largest absolute Gasteiger partial charge is 0.480 e. The number of carboxylic acids is 1. The summed E-state index contributed by atoms with van der Waals surface area (Å²) in [6.45, 7) is 5.46. The van der Waals surface area contributed by atoms with Crippen molar-refractivity contribution in [3.05, 3.63) is 12.2 Å². The lowest BCUT2D eigenvalue weighted by Crippen LogP contribution is -2.25. The third kappa shape index (κ3) is 3.32. The van der Waals surface area contributed by atoms with Gasteiger partial charge >= 0.3 is 5.97 Å². The number of hydrogen-bond donors (Lipinski definition) is 1. The lowest BCUT2D eigenvalue weighted by molar-refractivity contribution is -0.141. The number of rotatable bonds is 5. The van der Waals surface area contributed by atoms with Gasteiger partial charge in [-0.1, -0.05) is 13.8 Å². The molecule has 0 radical (unpaired) electrons. The summed E-state index contributed by atoms with van der Waals surface area (Å²) in [7, 11) is 0. The van der Waals surface area contributed by atoms with E-state index in [9.17, 15) is 9.90 Å². The number of ether oxygens (including phenoxy) is 1. The molecule has 6 nitrogen and oxygen atoms in total. The maximum atomic E-state index is 11.5. The summed E-state index contributed by atoms with van der Waals surface area (Å²) in [4.78, 5) is 11.5. The van der Waals surface area contributed by atoms with Crippen molar-refractivity contribution < 1.29 is 14.6 Å². The lowest BCUT2D eigenvalue weighted by atomic mass is 9.98. The molecule has 1 aliphatic rings. The molecule has 0 aromatic carbocycles. The fourth-order valence-corrected chi connectivity index (χ4v) is 2.52. The topological polar surface area (TPSA) is 77.2 Å². The van der Waals surface area contributed by atoms with Gasteiger partial charge in [0.1, 0.15) is 18.2 Å². The lowest BCUT2D eigenvalue weighted by Gasteiger charge is -2.24. The van der Waals surface area contributed by atoms with Crippen LogP contribution in [-0.2, 0) is 9.53 Å². The van der Waals surface area contributed by atoms with Crippen LogP contribution < -0.4 is 0 Å². The van der Waals surface area contributed by atoms with Crippen molar-refractivity contribution in [1.82, 2.24) is 14.8 Å². The summed E-state index contributed by atoms with van der Waals surface area (Å²) >= 11 is 0. The molecular weight excluding hydrogens is 246 g/mol. The molecule has 1 aromatic heterocycles. The molecule has 0 spiro atoms. The molecule has 1 unspecified atom stereocenters. The second kappa shape index (κ2) is 6.14.